The molecule has 1 rings (SSSR count). The lowest BCUT2D eigenvalue weighted by Gasteiger charge is -1.90. The number of halogens is 1. The normalized spacial score (nSPS) is 10.3. The van der Waals surface area contributed by atoms with Crippen molar-refractivity contribution in [3.63, 3.8) is 0 Å². The Balaban J connectivity index is 2.86. The van der Waals surface area contributed by atoms with Gasteiger partial charge in [-0.2, -0.15) is 0 Å². The second-order valence-electron chi connectivity index (χ2n) is 1.87. The number of nitrogens with zero attached hydrogens (tertiary/aromatic N) is 1. The van der Waals surface area contributed by atoms with E-state index in [1.165, 1.54) is 11.6 Å². The molecular weight excluding hydrogens is 162 g/mol. The summed E-state index contributed by atoms with van der Waals surface area (Å²) < 4.78 is 0. The third-order valence-corrected chi connectivity index (χ3v) is 1.26. The van der Waals surface area contributed by atoms with Crippen LogP contribution in [-0.4, -0.2) is 10.8 Å². The van der Waals surface area contributed by atoms with Gasteiger partial charge in [0.2, 0.25) is 5.78 Å². The first-order chi connectivity index (χ1) is 5.34. The van der Waals surface area contributed by atoms with Gasteiger partial charge in [-0.3, -0.25) is 9.78 Å². The van der Waals surface area contributed by atoms with Crippen LogP contribution in [-0.2, 0) is 0 Å². The average molecular weight is 168 g/mol. The van der Waals surface area contributed by atoms with Crippen LogP contribution in [0.2, 0.25) is 0 Å². The zero-order chi connectivity index (χ0) is 8.10. The quantitative estimate of drug-likeness (QED) is 0.498. The summed E-state index contributed by atoms with van der Waals surface area (Å²) in [4.78, 5) is 14.8. The van der Waals surface area contributed by atoms with Crippen molar-refractivity contribution in [3.05, 3.63) is 41.7 Å². The van der Waals surface area contributed by atoms with Crippen molar-refractivity contribution in [3.8, 4) is 0 Å². The highest BCUT2D eigenvalue weighted by Crippen LogP contribution is 1.96. The van der Waals surface area contributed by atoms with Gasteiger partial charge < -0.3 is 0 Å². The van der Waals surface area contributed by atoms with E-state index in [1.807, 2.05) is 0 Å². The molecule has 0 fully saturated rings. The van der Waals surface area contributed by atoms with Crippen molar-refractivity contribution in [1.29, 1.82) is 0 Å². The molecule has 0 amide bonds. The lowest BCUT2D eigenvalue weighted by atomic mass is 10.2. The molecule has 11 heavy (non-hydrogen) atoms. The van der Waals surface area contributed by atoms with Crippen molar-refractivity contribution < 1.29 is 4.79 Å². The van der Waals surface area contributed by atoms with E-state index < -0.39 is 0 Å². The van der Waals surface area contributed by atoms with E-state index in [0.29, 0.717) is 5.69 Å². The van der Waals surface area contributed by atoms with Crippen LogP contribution in [0.5, 0.6) is 0 Å². The Morgan fingerprint density at radius 1 is 1.55 bits per heavy atom. The summed E-state index contributed by atoms with van der Waals surface area (Å²) in [5.74, 6) is -0.180. The number of rotatable bonds is 2. The third-order valence-electron chi connectivity index (χ3n) is 1.13. The molecule has 0 bridgehead atoms. The van der Waals surface area contributed by atoms with E-state index in [-0.39, 0.29) is 5.78 Å². The van der Waals surface area contributed by atoms with E-state index in [1.54, 1.807) is 24.4 Å². The molecule has 0 radical (unpaired) electrons. The lowest BCUT2D eigenvalue weighted by molar-refractivity contribution is 0.104. The van der Waals surface area contributed by atoms with E-state index in [0.717, 1.165) is 0 Å². The highest BCUT2D eigenvalue weighted by Gasteiger charge is 1.99. The first-order valence-corrected chi connectivity index (χ1v) is 3.50. The molecule has 0 aromatic carbocycles. The fourth-order valence-electron chi connectivity index (χ4n) is 0.651. The summed E-state index contributed by atoms with van der Waals surface area (Å²) in [5, 5.41) is 0. The van der Waals surface area contributed by atoms with Gasteiger partial charge in [-0.05, 0) is 18.2 Å². The molecule has 0 atom stereocenters. The lowest BCUT2D eigenvalue weighted by Crippen LogP contribution is -1.95. The highest BCUT2D eigenvalue weighted by atomic mass is 35.5. The fraction of sp³-hybridized carbons (Fsp3) is 0. The molecule has 0 aliphatic heterocycles. The van der Waals surface area contributed by atoms with E-state index in [2.05, 4.69) is 4.98 Å². The van der Waals surface area contributed by atoms with Crippen molar-refractivity contribution in [2.24, 2.45) is 0 Å². The number of carbonyl (C=O) groups excluding carboxylic acids is 1. The van der Waals surface area contributed by atoms with Crippen molar-refractivity contribution in [2.75, 3.05) is 0 Å². The van der Waals surface area contributed by atoms with Crippen LogP contribution in [0.15, 0.2) is 36.0 Å². The minimum atomic E-state index is -0.180. The van der Waals surface area contributed by atoms with Gasteiger partial charge in [0.15, 0.2) is 0 Å². The van der Waals surface area contributed by atoms with Gasteiger partial charge in [0, 0.05) is 11.7 Å². The molecule has 0 N–H and O–H groups in total. The standard InChI is InChI=1S/C8H6ClNO/c9-5-4-8(11)7-3-1-2-6-10-7/h1-6H/b5-4+. The molecule has 0 aliphatic carbocycles. The Morgan fingerprint density at radius 3 is 2.91 bits per heavy atom. The van der Waals surface area contributed by atoms with Crippen LogP contribution in [0.1, 0.15) is 10.5 Å². The van der Waals surface area contributed by atoms with Gasteiger partial charge in [0.05, 0.1) is 0 Å². The largest absolute Gasteiger partial charge is 0.288 e. The van der Waals surface area contributed by atoms with Crippen LogP contribution < -0.4 is 0 Å². The predicted octanol–water partition coefficient (Wildman–Crippen LogP) is 2.02. The highest BCUT2D eigenvalue weighted by molar-refractivity contribution is 6.27. The molecule has 3 heteroatoms. The SMILES string of the molecule is O=C(/C=C/Cl)c1ccccn1. The molecule has 0 saturated heterocycles. The van der Waals surface area contributed by atoms with Crippen LogP contribution in [0, 0.1) is 0 Å². The Labute approximate surface area is 69.5 Å². The van der Waals surface area contributed by atoms with Crippen molar-refractivity contribution in [1.82, 2.24) is 4.98 Å². The Bertz CT molecular complexity index is 269. The predicted molar refractivity (Wildman–Crippen MR) is 43.6 cm³/mol. The summed E-state index contributed by atoms with van der Waals surface area (Å²) in [7, 11) is 0. The summed E-state index contributed by atoms with van der Waals surface area (Å²) in [6, 6.07) is 5.14. The van der Waals surface area contributed by atoms with Crippen LogP contribution in [0.3, 0.4) is 0 Å². The van der Waals surface area contributed by atoms with E-state index in [4.69, 9.17) is 11.6 Å². The van der Waals surface area contributed by atoms with Gasteiger partial charge in [0.1, 0.15) is 5.69 Å². The molecule has 0 aliphatic rings. The maximum Gasteiger partial charge on any atom is 0.205 e. The number of hydrogen-bond donors (Lipinski definition) is 0. The van der Waals surface area contributed by atoms with Crippen molar-refractivity contribution in [2.45, 2.75) is 0 Å². The zero-order valence-electron chi connectivity index (χ0n) is 5.70. The number of pyridine rings is 1. The van der Waals surface area contributed by atoms with Gasteiger partial charge in [0.25, 0.3) is 0 Å². The second kappa shape index (κ2) is 3.88. The maximum absolute atomic E-state index is 11.0. The molecule has 1 aromatic rings. The van der Waals surface area contributed by atoms with Gasteiger partial charge >= 0.3 is 0 Å². The molecule has 0 spiro atoms. The molecule has 0 unspecified atom stereocenters. The molecular formula is C8H6ClNO. The first kappa shape index (κ1) is 7.95. The summed E-state index contributed by atoms with van der Waals surface area (Å²) in [6.45, 7) is 0. The fourth-order valence-corrected chi connectivity index (χ4v) is 0.766. The summed E-state index contributed by atoms with van der Waals surface area (Å²) in [5.41, 5.74) is 1.58. The molecule has 1 heterocycles. The number of allylic oxidation sites excluding steroid dienone is 1. The minimum absolute atomic E-state index is 0.180. The number of hydrogen-bond acceptors (Lipinski definition) is 2. The monoisotopic (exact) mass is 167 g/mol. The number of carbonyl (C=O) groups is 1. The molecule has 56 valence electrons. The Kier molecular flexibility index (Phi) is 2.81. The Morgan fingerprint density at radius 2 is 2.36 bits per heavy atom. The zero-order valence-corrected chi connectivity index (χ0v) is 6.45. The first-order valence-electron chi connectivity index (χ1n) is 3.06. The van der Waals surface area contributed by atoms with E-state index in [9.17, 15) is 4.79 Å². The number of aromatic nitrogens is 1. The summed E-state index contributed by atoms with van der Waals surface area (Å²) >= 11 is 5.22. The minimum Gasteiger partial charge on any atom is -0.288 e. The number of ketones is 1. The topological polar surface area (TPSA) is 30.0 Å². The Hall–Kier alpha value is -1.15. The average Bonchev–Trinajstić information content (AvgIpc) is 2.07. The summed E-state index contributed by atoms with van der Waals surface area (Å²) in [6.07, 6.45) is 2.83. The second-order valence-corrected chi connectivity index (χ2v) is 2.12. The maximum atomic E-state index is 11.0. The van der Waals surface area contributed by atoms with Crippen LogP contribution >= 0.6 is 11.6 Å². The van der Waals surface area contributed by atoms with Crippen molar-refractivity contribution >= 4 is 17.4 Å². The van der Waals surface area contributed by atoms with E-state index >= 15 is 0 Å². The van der Waals surface area contributed by atoms with Gasteiger partial charge in [-0.15, -0.1) is 0 Å². The molecule has 2 nitrogen and oxygen atoms in total. The van der Waals surface area contributed by atoms with Crippen LogP contribution in [0.4, 0.5) is 0 Å². The van der Waals surface area contributed by atoms with Gasteiger partial charge in [-0.1, -0.05) is 17.7 Å². The molecule has 1 aromatic heterocycles. The third kappa shape index (κ3) is 2.16. The van der Waals surface area contributed by atoms with Gasteiger partial charge in [-0.25, -0.2) is 0 Å². The molecule has 0 saturated carbocycles. The van der Waals surface area contributed by atoms with Crippen LogP contribution in [0.25, 0.3) is 0 Å². The smallest absolute Gasteiger partial charge is 0.205 e.